The van der Waals surface area contributed by atoms with Gasteiger partial charge in [0.25, 0.3) is 0 Å². The topological polar surface area (TPSA) is 38.3 Å². The highest BCUT2D eigenvalue weighted by atomic mass is 16.5. The van der Waals surface area contributed by atoms with Gasteiger partial charge in [-0.1, -0.05) is 13.5 Å². The molecule has 0 aromatic heterocycles. The van der Waals surface area contributed by atoms with E-state index in [1.807, 2.05) is 32.9 Å². The third kappa shape index (κ3) is 4.34. The van der Waals surface area contributed by atoms with Crippen molar-refractivity contribution in [1.82, 2.24) is 5.32 Å². The van der Waals surface area contributed by atoms with Gasteiger partial charge in [0, 0.05) is 5.56 Å². The predicted molar refractivity (Wildman–Crippen MR) is 74.2 cm³/mol. The molecule has 0 spiro atoms. The summed E-state index contributed by atoms with van der Waals surface area (Å²) in [5, 5.41) is 3.11. The Morgan fingerprint density at radius 2 is 2.00 bits per heavy atom. The zero-order chi connectivity index (χ0) is 13.5. The molecule has 0 fully saturated rings. The average molecular weight is 247 g/mol. The monoisotopic (exact) mass is 247 g/mol. The number of benzene rings is 1. The molecule has 3 heteroatoms. The molecule has 1 rings (SSSR count). The highest BCUT2D eigenvalue weighted by Gasteiger charge is 2.13. The molecule has 0 saturated heterocycles. The van der Waals surface area contributed by atoms with E-state index in [1.54, 1.807) is 12.1 Å². The highest BCUT2D eigenvalue weighted by Crippen LogP contribution is 2.14. The van der Waals surface area contributed by atoms with Crippen molar-refractivity contribution in [3.05, 3.63) is 42.0 Å². The minimum Gasteiger partial charge on any atom is -0.489 e. The fraction of sp³-hybridized carbons (Fsp3) is 0.400. The van der Waals surface area contributed by atoms with Crippen molar-refractivity contribution >= 4 is 5.78 Å². The van der Waals surface area contributed by atoms with Gasteiger partial charge in [0.15, 0.2) is 5.78 Å². The van der Waals surface area contributed by atoms with Crippen LogP contribution < -0.4 is 10.1 Å². The Hall–Kier alpha value is -1.61. The van der Waals surface area contributed by atoms with Crippen molar-refractivity contribution in [3.8, 4) is 5.75 Å². The Morgan fingerprint density at radius 3 is 2.50 bits per heavy atom. The quantitative estimate of drug-likeness (QED) is 0.595. The van der Waals surface area contributed by atoms with E-state index in [0.717, 1.165) is 17.9 Å². The van der Waals surface area contributed by atoms with E-state index in [4.69, 9.17) is 4.74 Å². The molecule has 0 aliphatic rings. The average Bonchev–Trinajstić information content (AvgIpc) is 2.36. The summed E-state index contributed by atoms with van der Waals surface area (Å²) in [4.78, 5) is 12.0. The molecule has 3 nitrogen and oxygen atoms in total. The number of rotatable bonds is 7. The minimum atomic E-state index is -0.155. The summed E-state index contributed by atoms with van der Waals surface area (Å²) in [6, 6.07) is 7.06. The van der Waals surface area contributed by atoms with Crippen molar-refractivity contribution in [3.63, 3.8) is 0 Å². The van der Waals surface area contributed by atoms with E-state index in [2.05, 4.69) is 11.9 Å². The van der Waals surface area contributed by atoms with Gasteiger partial charge in [-0.3, -0.25) is 4.79 Å². The van der Waals surface area contributed by atoms with Gasteiger partial charge in [-0.05, 0) is 50.2 Å². The highest BCUT2D eigenvalue weighted by molar-refractivity contribution is 5.99. The standard InChI is InChI=1S/C15H21NO2/c1-5-16-12(4)15(17)13-6-8-14(9-7-13)18-10-11(2)3/h6-9,12,16H,2,5,10H2,1,3-4H3. The van der Waals surface area contributed by atoms with Crippen molar-refractivity contribution in [2.45, 2.75) is 26.8 Å². The maximum atomic E-state index is 12.0. The normalized spacial score (nSPS) is 11.9. The molecular formula is C15H21NO2. The lowest BCUT2D eigenvalue weighted by Crippen LogP contribution is -2.33. The first-order chi connectivity index (χ1) is 8.54. The number of ketones is 1. The van der Waals surface area contributed by atoms with Crippen LogP contribution in [-0.2, 0) is 0 Å². The molecule has 0 radical (unpaired) electrons. The van der Waals surface area contributed by atoms with E-state index in [1.165, 1.54) is 0 Å². The number of hydrogen-bond donors (Lipinski definition) is 1. The third-order valence-corrected chi connectivity index (χ3v) is 2.53. The zero-order valence-electron chi connectivity index (χ0n) is 11.3. The van der Waals surface area contributed by atoms with Gasteiger partial charge in [0.2, 0.25) is 0 Å². The Morgan fingerprint density at radius 1 is 1.39 bits per heavy atom. The van der Waals surface area contributed by atoms with Crippen molar-refractivity contribution in [1.29, 1.82) is 0 Å². The molecule has 1 aromatic rings. The SMILES string of the molecule is C=C(C)COc1ccc(C(=O)C(C)NCC)cc1. The summed E-state index contributed by atoms with van der Waals surface area (Å²) < 4.78 is 5.48. The molecule has 0 aliphatic carbocycles. The van der Waals surface area contributed by atoms with Crippen molar-refractivity contribution in [2.75, 3.05) is 13.2 Å². The first-order valence-corrected chi connectivity index (χ1v) is 6.19. The molecule has 1 aromatic carbocycles. The zero-order valence-corrected chi connectivity index (χ0v) is 11.3. The number of nitrogens with one attached hydrogen (secondary N) is 1. The van der Waals surface area contributed by atoms with E-state index in [9.17, 15) is 4.79 Å². The Balaban J connectivity index is 2.64. The third-order valence-electron chi connectivity index (χ3n) is 2.53. The number of Topliss-reactive ketones (excluding diaryl/α,β-unsaturated/α-hetero) is 1. The van der Waals surface area contributed by atoms with E-state index in [-0.39, 0.29) is 11.8 Å². The van der Waals surface area contributed by atoms with Crippen molar-refractivity contribution < 1.29 is 9.53 Å². The van der Waals surface area contributed by atoms with Gasteiger partial charge in [0.1, 0.15) is 12.4 Å². The number of ether oxygens (including phenoxy) is 1. The van der Waals surface area contributed by atoms with E-state index >= 15 is 0 Å². The number of likely N-dealkylation sites (N-methyl/N-ethyl adjacent to an activating group) is 1. The summed E-state index contributed by atoms with van der Waals surface area (Å²) in [7, 11) is 0. The molecule has 0 saturated carbocycles. The van der Waals surface area contributed by atoms with Crippen LogP contribution >= 0.6 is 0 Å². The molecule has 0 bridgehead atoms. The van der Waals surface area contributed by atoms with Crippen LogP contribution in [0, 0.1) is 0 Å². The summed E-state index contributed by atoms with van der Waals surface area (Å²) in [6.45, 7) is 10.8. The summed E-state index contributed by atoms with van der Waals surface area (Å²) >= 11 is 0. The second-order valence-corrected chi connectivity index (χ2v) is 4.41. The van der Waals surface area contributed by atoms with Crippen LogP contribution in [0.4, 0.5) is 0 Å². The molecular weight excluding hydrogens is 226 g/mol. The lowest BCUT2D eigenvalue weighted by molar-refractivity contribution is 0.0952. The summed E-state index contributed by atoms with van der Waals surface area (Å²) in [6.07, 6.45) is 0. The smallest absolute Gasteiger partial charge is 0.179 e. The Bertz CT molecular complexity index is 409. The lowest BCUT2D eigenvalue weighted by atomic mass is 10.1. The maximum absolute atomic E-state index is 12.0. The first kappa shape index (κ1) is 14.5. The fourth-order valence-electron chi connectivity index (χ4n) is 1.57. The fourth-order valence-corrected chi connectivity index (χ4v) is 1.57. The van der Waals surface area contributed by atoms with Crippen LogP contribution in [0.5, 0.6) is 5.75 Å². The van der Waals surface area contributed by atoms with Crippen molar-refractivity contribution in [2.24, 2.45) is 0 Å². The molecule has 0 heterocycles. The van der Waals surface area contributed by atoms with Crippen LogP contribution in [0.2, 0.25) is 0 Å². The van der Waals surface area contributed by atoms with Gasteiger partial charge in [-0.2, -0.15) is 0 Å². The molecule has 0 amide bonds. The molecule has 98 valence electrons. The molecule has 1 N–H and O–H groups in total. The van der Waals surface area contributed by atoms with Gasteiger partial charge in [-0.25, -0.2) is 0 Å². The first-order valence-electron chi connectivity index (χ1n) is 6.19. The van der Waals surface area contributed by atoms with Gasteiger partial charge < -0.3 is 10.1 Å². The number of carbonyl (C=O) groups is 1. The van der Waals surface area contributed by atoms with Crippen LogP contribution in [0.25, 0.3) is 0 Å². The second-order valence-electron chi connectivity index (χ2n) is 4.41. The Kier molecular flexibility index (Phi) is 5.59. The van der Waals surface area contributed by atoms with Crippen LogP contribution in [0.3, 0.4) is 0 Å². The van der Waals surface area contributed by atoms with E-state index < -0.39 is 0 Å². The molecule has 18 heavy (non-hydrogen) atoms. The minimum absolute atomic E-state index is 0.100. The summed E-state index contributed by atoms with van der Waals surface area (Å²) in [5.41, 5.74) is 1.67. The van der Waals surface area contributed by atoms with Crippen LogP contribution in [0.15, 0.2) is 36.4 Å². The van der Waals surface area contributed by atoms with Crippen LogP contribution in [0.1, 0.15) is 31.1 Å². The second kappa shape index (κ2) is 6.97. The lowest BCUT2D eigenvalue weighted by Gasteiger charge is -2.11. The summed E-state index contributed by atoms with van der Waals surface area (Å²) in [5.74, 6) is 0.856. The Labute approximate surface area is 109 Å². The predicted octanol–water partition coefficient (Wildman–Crippen LogP) is 2.82. The number of hydrogen-bond acceptors (Lipinski definition) is 3. The number of carbonyl (C=O) groups excluding carboxylic acids is 1. The molecule has 0 aliphatic heterocycles. The van der Waals surface area contributed by atoms with Crippen LogP contribution in [-0.4, -0.2) is 25.0 Å². The maximum Gasteiger partial charge on any atom is 0.179 e. The molecule has 1 unspecified atom stereocenters. The van der Waals surface area contributed by atoms with Gasteiger partial charge >= 0.3 is 0 Å². The largest absolute Gasteiger partial charge is 0.489 e. The van der Waals surface area contributed by atoms with E-state index in [0.29, 0.717) is 12.2 Å². The molecule has 1 atom stereocenters. The van der Waals surface area contributed by atoms with Gasteiger partial charge in [-0.15, -0.1) is 0 Å². The van der Waals surface area contributed by atoms with Gasteiger partial charge in [0.05, 0.1) is 6.04 Å².